The van der Waals surface area contributed by atoms with E-state index in [2.05, 4.69) is 20.4 Å². The fraction of sp³-hybridized carbons (Fsp3) is 0.375. The molecule has 1 N–H and O–H groups in total. The molecular weight excluding hydrogens is 436 g/mol. The van der Waals surface area contributed by atoms with Crippen LogP contribution in [0.25, 0.3) is 11.4 Å². The lowest BCUT2D eigenvalue weighted by Crippen LogP contribution is -2.46. The maximum absolute atomic E-state index is 12.3. The van der Waals surface area contributed by atoms with Gasteiger partial charge >= 0.3 is 0 Å². The molecule has 178 valence electrons. The topological polar surface area (TPSA) is 118 Å². The molecule has 1 aliphatic heterocycles. The molecule has 0 atom stereocenters. The second-order valence-corrected chi connectivity index (χ2v) is 8.73. The number of nitrogens with zero attached hydrogens (tertiary/aromatic N) is 5. The van der Waals surface area contributed by atoms with Crippen LogP contribution in [0.5, 0.6) is 0 Å². The number of anilines is 1. The first kappa shape index (κ1) is 23.4. The Morgan fingerprint density at radius 2 is 1.85 bits per heavy atom. The molecule has 34 heavy (non-hydrogen) atoms. The van der Waals surface area contributed by atoms with Crippen LogP contribution < -0.4 is 10.2 Å². The number of carbonyl (C=O) groups excluding carboxylic acids is 1. The highest BCUT2D eigenvalue weighted by atomic mass is 16.6. The van der Waals surface area contributed by atoms with Crippen molar-refractivity contribution in [2.45, 2.75) is 33.4 Å². The van der Waals surface area contributed by atoms with E-state index in [-0.39, 0.29) is 23.2 Å². The van der Waals surface area contributed by atoms with Crippen molar-refractivity contribution in [2.24, 2.45) is 0 Å². The Balaban J connectivity index is 1.39. The first-order chi connectivity index (χ1) is 16.3. The second kappa shape index (κ2) is 10.0. The van der Waals surface area contributed by atoms with Gasteiger partial charge in [-0.3, -0.25) is 19.8 Å². The monoisotopic (exact) mass is 464 g/mol. The molecule has 0 aliphatic carbocycles. The maximum Gasteiger partial charge on any atom is 0.293 e. The van der Waals surface area contributed by atoms with Gasteiger partial charge in [0.1, 0.15) is 5.69 Å². The summed E-state index contributed by atoms with van der Waals surface area (Å²) in [4.78, 5) is 32.2. The summed E-state index contributed by atoms with van der Waals surface area (Å²) >= 11 is 0. The van der Waals surface area contributed by atoms with Gasteiger partial charge in [-0.1, -0.05) is 35.0 Å². The molecule has 0 unspecified atom stereocenters. The van der Waals surface area contributed by atoms with Gasteiger partial charge in [-0.25, -0.2) is 0 Å². The van der Waals surface area contributed by atoms with Crippen LogP contribution in [0.1, 0.15) is 35.7 Å². The highest BCUT2D eigenvalue weighted by molar-refractivity contribution is 5.96. The van der Waals surface area contributed by atoms with Crippen LogP contribution in [0.4, 0.5) is 11.4 Å². The van der Waals surface area contributed by atoms with Crippen molar-refractivity contribution in [1.29, 1.82) is 0 Å². The van der Waals surface area contributed by atoms with Crippen LogP contribution >= 0.6 is 0 Å². The van der Waals surface area contributed by atoms with Crippen LogP contribution in [-0.4, -0.2) is 58.1 Å². The Labute approximate surface area is 197 Å². The molecule has 10 heteroatoms. The fourth-order valence-corrected chi connectivity index (χ4v) is 3.90. The molecular formula is C24H28N6O4. The minimum absolute atomic E-state index is 0.0499. The number of nitro groups is 1. The van der Waals surface area contributed by atoms with Crippen molar-refractivity contribution < 1.29 is 14.2 Å². The maximum atomic E-state index is 12.3. The summed E-state index contributed by atoms with van der Waals surface area (Å²) in [6.07, 6.45) is 0. The molecule has 2 heterocycles. The average Bonchev–Trinajstić information content (AvgIpc) is 3.27. The number of amides is 1. The SMILES string of the molecule is Cc1ccc(-c2noc(CN3CCN(c4ccc(C(=O)NC(C)C)cc4[N+](=O)[O-])CC3)n2)cc1. The molecule has 1 aliphatic rings. The van der Waals surface area contributed by atoms with Gasteiger partial charge in [0.2, 0.25) is 11.7 Å². The summed E-state index contributed by atoms with van der Waals surface area (Å²) in [5, 5.41) is 18.6. The molecule has 1 fully saturated rings. The van der Waals surface area contributed by atoms with Crippen LogP contribution in [0, 0.1) is 17.0 Å². The third-order valence-electron chi connectivity index (χ3n) is 5.70. The number of aryl methyl sites for hydroxylation is 1. The van der Waals surface area contributed by atoms with E-state index in [1.807, 2.05) is 49.9 Å². The quantitative estimate of drug-likeness (QED) is 0.417. The lowest BCUT2D eigenvalue weighted by molar-refractivity contribution is -0.384. The molecule has 1 aromatic heterocycles. The molecule has 1 amide bonds. The van der Waals surface area contributed by atoms with Crippen molar-refractivity contribution in [1.82, 2.24) is 20.4 Å². The minimum Gasteiger partial charge on any atom is -0.363 e. The number of benzene rings is 2. The van der Waals surface area contributed by atoms with Gasteiger partial charge in [0.25, 0.3) is 11.6 Å². The van der Waals surface area contributed by atoms with Crippen molar-refractivity contribution in [3.05, 3.63) is 69.6 Å². The Morgan fingerprint density at radius 3 is 2.50 bits per heavy atom. The van der Waals surface area contributed by atoms with Crippen LogP contribution in [0.3, 0.4) is 0 Å². The van der Waals surface area contributed by atoms with Crippen molar-refractivity contribution in [3.8, 4) is 11.4 Å². The van der Waals surface area contributed by atoms with Crippen LogP contribution in [0.15, 0.2) is 47.0 Å². The van der Waals surface area contributed by atoms with E-state index in [1.165, 1.54) is 11.6 Å². The van der Waals surface area contributed by atoms with Crippen molar-refractivity contribution in [3.63, 3.8) is 0 Å². The number of aromatic nitrogens is 2. The molecule has 10 nitrogen and oxygen atoms in total. The van der Waals surface area contributed by atoms with Gasteiger partial charge in [0.15, 0.2) is 0 Å². The summed E-state index contributed by atoms with van der Waals surface area (Å²) in [5.41, 5.74) is 2.81. The summed E-state index contributed by atoms with van der Waals surface area (Å²) in [6, 6.07) is 12.5. The van der Waals surface area contributed by atoms with E-state index in [9.17, 15) is 14.9 Å². The molecule has 2 aromatic carbocycles. The number of rotatable bonds is 7. The summed E-state index contributed by atoms with van der Waals surface area (Å²) in [6.45, 7) is 8.83. The third kappa shape index (κ3) is 5.40. The number of hydrogen-bond donors (Lipinski definition) is 1. The van der Waals surface area contributed by atoms with Gasteiger partial charge < -0.3 is 14.7 Å². The summed E-state index contributed by atoms with van der Waals surface area (Å²) in [7, 11) is 0. The fourth-order valence-electron chi connectivity index (χ4n) is 3.90. The predicted molar refractivity (Wildman–Crippen MR) is 128 cm³/mol. The van der Waals surface area contributed by atoms with Gasteiger partial charge in [-0.2, -0.15) is 4.98 Å². The molecule has 0 saturated carbocycles. The number of nitrogens with one attached hydrogen (secondary N) is 1. The first-order valence-corrected chi connectivity index (χ1v) is 11.3. The zero-order valence-corrected chi connectivity index (χ0v) is 19.5. The van der Waals surface area contributed by atoms with Crippen molar-refractivity contribution in [2.75, 3.05) is 31.1 Å². The second-order valence-electron chi connectivity index (χ2n) is 8.73. The highest BCUT2D eigenvalue weighted by Gasteiger charge is 2.26. The number of hydrogen-bond acceptors (Lipinski definition) is 8. The van der Waals surface area contributed by atoms with Gasteiger partial charge in [-0.15, -0.1) is 0 Å². The first-order valence-electron chi connectivity index (χ1n) is 11.3. The standard InChI is InChI=1S/C24H28N6O4/c1-16(2)25-24(31)19-8-9-20(21(14-19)30(32)33)29-12-10-28(11-13-29)15-22-26-23(27-34-22)18-6-4-17(3)5-7-18/h4-9,14,16H,10-13,15H2,1-3H3,(H,25,31). The van der Waals surface area contributed by atoms with Gasteiger partial charge in [0, 0.05) is 49.4 Å². The largest absolute Gasteiger partial charge is 0.363 e. The van der Waals surface area contributed by atoms with E-state index < -0.39 is 4.92 Å². The van der Waals surface area contributed by atoms with Crippen LogP contribution in [-0.2, 0) is 6.54 Å². The van der Waals surface area contributed by atoms with E-state index in [4.69, 9.17) is 4.52 Å². The van der Waals surface area contributed by atoms with E-state index in [1.54, 1.807) is 12.1 Å². The summed E-state index contributed by atoms with van der Waals surface area (Å²) < 4.78 is 5.43. The normalized spacial score (nSPS) is 14.4. The van der Waals surface area contributed by atoms with E-state index in [0.717, 1.165) is 5.56 Å². The van der Waals surface area contributed by atoms with Crippen LogP contribution in [0.2, 0.25) is 0 Å². The molecule has 3 aromatic rings. The number of carbonyl (C=O) groups is 1. The highest BCUT2D eigenvalue weighted by Crippen LogP contribution is 2.30. The zero-order chi connectivity index (χ0) is 24.2. The lowest BCUT2D eigenvalue weighted by Gasteiger charge is -2.35. The van der Waals surface area contributed by atoms with Gasteiger partial charge in [0.05, 0.1) is 11.5 Å². The molecule has 1 saturated heterocycles. The number of nitro benzene ring substituents is 1. The summed E-state index contributed by atoms with van der Waals surface area (Å²) in [5.74, 6) is 0.778. The smallest absolute Gasteiger partial charge is 0.293 e. The molecule has 0 spiro atoms. The Kier molecular flexibility index (Phi) is 6.87. The Bertz CT molecular complexity index is 1170. The van der Waals surface area contributed by atoms with E-state index >= 15 is 0 Å². The van der Waals surface area contributed by atoms with E-state index in [0.29, 0.717) is 50.1 Å². The Hall–Kier alpha value is -3.79. The molecule has 0 bridgehead atoms. The Morgan fingerprint density at radius 1 is 1.15 bits per heavy atom. The van der Waals surface area contributed by atoms with Crippen molar-refractivity contribution >= 4 is 17.3 Å². The number of piperazine rings is 1. The third-order valence-corrected chi connectivity index (χ3v) is 5.70. The molecule has 0 radical (unpaired) electrons. The zero-order valence-electron chi connectivity index (χ0n) is 19.5. The minimum atomic E-state index is -0.432. The average molecular weight is 465 g/mol. The predicted octanol–water partition coefficient (Wildman–Crippen LogP) is 3.41. The molecule has 4 rings (SSSR count). The lowest BCUT2D eigenvalue weighted by atomic mass is 10.1. The van der Waals surface area contributed by atoms with Gasteiger partial charge in [-0.05, 0) is 32.9 Å².